The quantitative estimate of drug-likeness (QED) is 0.0968. The van der Waals surface area contributed by atoms with Gasteiger partial charge in [0.15, 0.2) is 0 Å². The van der Waals surface area contributed by atoms with Gasteiger partial charge in [-0.2, -0.15) is 0 Å². The molecule has 318 valence electrons. The number of carbonyl (C=O) groups is 6. The lowest BCUT2D eigenvalue weighted by atomic mass is 10.0. The van der Waals surface area contributed by atoms with Crippen molar-refractivity contribution in [2.45, 2.75) is 0 Å². The molecule has 0 aliphatic carbocycles. The number of hydrazine groups is 2. The monoisotopic (exact) mass is 864 g/mol. The Morgan fingerprint density at radius 1 is 0.318 bits per heavy atom. The second-order valence-electron chi connectivity index (χ2n) is 15.4. The fourth-order valence-electron chi connectivity index (χ4n) is 8.02. The summed E-state index contributed by atoms with van der Waals surface area (Å²) in [6.07, 6.45) is 0. The maximum absolute atomic E-state index is 13.7. The maximum atomic E-state index is 13.7. The molecule has 0 fully saturated rings. The Bertz CT molecular complexity index is 2910. The molecule has 8 aromatic carbocycles. The standard InChI is InChI=1S/C54H36N6O6/c61-49(37-23-27-39(28-24-37)57-51(63)45-15-7-8-16-46(45)52(57)64)55-59(41-11-3-1-4-12-41)43-31-19-35(20-32-43)36-21-33-44(34-22-36)60(42-13-5-2-6-14-42)56-50(62)38-25-29-40(30-26-38)58-53(65)47-17-9-10-18-48(47)54(58)66/h1-34H,(H,55,61)(H,56,62). The summed E-state index contributed by atoms with van der Waals surface area (Å²) < 4.78 is 0. The Kier molecular flexibility index (Phi) is 10.5. The summed E-state index contributed by atoms with van der Waals surface area (Å²) in [6, 6.07) is 60.2. The third-order valence-corrected chi connectivity index (χ3v) is 11.4. The van der Waals surface area contributed by atoms with Crippen LogP contribution in [0.1, 0.15) is 62.1 Å². The van der Waals surface area contributed by atoms with Crippen LogP contribution < -0.4 is 30.7 Å². The molecule has 2 heterocycles. The van der Waals surface area contributed by atoms with Crippen LogP contribution in [0.2, 0.25) is 0 Å². The van der Waals surface area contributed by atoms with Gasteiger partial charge in [-0.25, -0.2) is 9.80 Å². The van der Waals surface area contributed by atoms with Crippen LogP contribution in [0.3, 0.4) is 0 Å². The van der Waals surface area contributed by atoms with Crippen molar-refractivity contribution >= 4 is 69.6 Å². The summed E-state index contributed by atoms with van der Waals surface area (Å²) in [5, 5.41) is 3.37. The van der Waals surface area contributed by atoms with E-state index in [9.17, 15) is 28.8 Å². The van der Waals surface area contributed by atoms with Crippen molar-refractivity contribution in [3.63, 3.8) is 0 Å². The molecule has 2 aliphatic rings. The molecule has 12 heteroatoms. The van der Waals surface area contributed by atoms with Crippen LogP contribution in [-0.4, -0.2) is 35.4 Å². The molecule has 6 amide bonds. The SMILES string of the molecule is O=C(NN(c1ccccc1)c1ccc(-c2ccc(N(NC(=O)c3ccc(N4C(=O)c5ccccc5C4=O)cc3)c3ccccc3)cc2)cc1)c1ccc(N2C(=O)c3ccccc3C2=O)cc1. The van der Waals surface area contributed by atoms with Crippen molar-refractivity contribution in [2.75, 3.05) is 19.8 Å². The summed E-state index contributed by atoms with van der Waals surface area (Å²) in [4.78, 5) is 81.8. The summed E-state index contributed by atoms with van der Waals surface area (Å²) >= 11 is 0. The van der Waals surface area contributed by atoms with E-state index < -0.39 is 35.4 Å². The fraction of sp³-hybridized carbons (Fsp3) is 0. The lowest BCUT2D eigenvalue weighted by Crippen LogP contribution is -2.39. The Balaban J connectivity index is 0.843. The van der Waals surface area contributed by atoms with Gasteiger partial charge in [0.1, 0.15) is 0 Å². The van der Waals surface area contributed by atoms with Crippen molar-refractivity contribution < 1.29 is 28.8 Å². The van der Waals surface area contributed by atoms with Crippen molar-refractivity contribution in [1.29, 1.82) is 0 Å². The van der Waals surface area contributed by atoms with Crippen molar-refractivity contribution in [3.8, 4) is 11.1 Å². The van der Waals surface area contributed by atoms with Gasteiger partial charge < -0.3 is 0 Å². The number of nitrogens with zero attached hydrogens (tertiary/aromatic N) is 4. The number of anilines is 6. The smallest absolute Gasteiger partial charge is 0.268 e. The highest BCUT2D eigenvalue weighted by atomic mass is 16.2. The highest BCUT2D eigenvalue weighted by Gasteiger charge is 2.37. The molecule has 2 N–H and O–H groups in total. The summed E-state index contributed by atoms with van der Waals surface area (Å²) in [7, 11) is 0. The van der Waals surface area contributed by atoms with Crippen molar-refractivity contribution in [1.82, 2.24) is 10.9 Å². The zero-order valence-electron chi connectivity index (χ0n) is 34.9. The molecule has 8 aromatic rings. The molecule has 0 unspecified atom stereocenters. The van der Waals surface area contributed by atoms with Crippen LogP contribution in [0, 0.1) is 0 Å². The molecule has 10 rings (SSSR count). The van der Waals surface area contributed by atoms with Crippen LogP contribution in [-0.2, 0) is 0 Å². The van der Waals surface area contributed by atoms with E-state index in [1.54, 1.807) is 107 Å². The number of para-hydroxylation sites is 2. The minimum absolute atomic E-state index is 0.325. The number of carbonyl (C=O) groups excluding carboxylic acids is 6. The molecule has 66 heavy (non-hydrogen) atoms. The third-order valence-electron chi connectivity index (χ3n) is 11.4. The van der Waals surface area contributed by atoms with E-state index in [-0.39, 0.29) is 0 Å². The largest absolute Gasteiger partial charge is 0.270 e. The molecule has 0 aromatic heterocycles. The second kappa shape index (κ2) is 17.0. The van der Waals surface area contributed by atoms with Gasteiger partial charge in [0.05, 0.1) is 56.4 Å². The third kappa shape index (κ3) is 7.50. The highest BCUT2D eigenvalue weighted by Crippen LogP contribution is 2.33. The maximum Gasteiger partial charge on any atom is 0.270 e. The predicted octanol–water partition coefficient (Wildman–Crippen LogP) is 9.92. The van der Waals surface area contributed by atoms with E-state index in [0.717, 1.165) is 20.9 Å². The van der Waals surface area contributed by atoms with Gasteiger partial charge in [-0.15, -0.1) is 0 Å². The average Bonchev–Trinajstić information content (AvgIpc) is 3.79. The number of rotatable bonds is 11. The van der Waals surface area contributed by atoms with Crippen molar-refractivity contribution in [3.05, 3.63) is 240 Å². The van der Waals surface area contributed by atoms with Gasteiger partial charge in [-0.3, -0.25) is 49.6 Å². The number of benzene rings is 8. The first kappa shape index (κ1) is 40.6. The number of hydrogen-bond acceptors (Lipinski definition) is 8. The number of nitrogens with one attached hydrogen (secondary N) is 2. The zero-order valence-corrected chi connectivity index (χ0v) is 34.9. The molecular formula is C54H36N6O6. The topological polar surface area (TPSA) is 139 Å². The molecule has 0 saturated carbocycles. The lowest BCUT2D eigenvalue weighted by molar-refractivity contribution is 0.0910. The normalized spacial score (nSPS) is 12.7. The molecule has 0 atom stereocenters. The summed E-state index contributed by atoms with van der Waals surface area (Å²) in [5.74, 6) is -2.45. The number of hydrogen-bond donors (Lipinski definition) is 2. The molecule has 0 radical (unpaired) electrons. The van der Waals surface area contributed by atoms with Gasteiger partial charge >= 0.3 is 0 Å². The average molecular weight is 865 g/mol. The zero-order chi connectivity index (χ0) is 45.3. The van der Waals surface area contributed by atoms with Gasteiger partial charge in [-0.1, -0.05) is 84.9 Å². The minimum atomic E-state index is -0.411. The van der Waals surface area contributed by atoms with Crippen molar-refractivity contribution in [2.24, 2.45) is 0 Å². The first-order valence-electron chi connectivity index (χ1n) is 20.9. The van der Waals surface area contributed by atoms with Crippen LogP contribution in [0.15, 0.2) is 206 Å². The second-order valence-corrected chi connectivity index (χ2v) is 15.4. The Labute approximate surface area is 378 Å². The molecule has 0 bridgehead atoms. The minimum Gasteiger partial charge on any atom is -0.268 e. The van der Waals surface area contributed by atoms with Crippen LogP contribution in [0.25, 0.3) is 11.1 Å². The molecular weight excluding hydrogens is 829 g/mol. The summed E-state index contributed by atoms with van der Waals surface area (Å²) in [6.45, 7) is 0. The van der Waals surface area contributed by atoms with E-state index in [4.69, 9.17) is 0 Å². The Morgan fingerprint density at radius 2 is 0.591 bits per heavy atom. The number of imide groups is 2. The van der Waals surface area contributed by atoms with E-state index in [1.165, 1.54) is 0 Å². The predicted molar refractivity (Wildman–Crippen MR) is 252 cm³/mol. The summed E-state index contributed by atoms with van der Waals surface area (Å²) in [5.41, 5.74) is 13.4. The van der Waals surface area contributed by atoms with E-state index >= 15 is 0 Å². The number of fused-ring (bicyclic) bond motifs is 2. The van der Waals surface area contributed by atoms with E-state index in [1.807, 2.05) is 109 Å². The highest BCUT2D eigenvalue weighted by molar-refractivity contribution is 6.35. The first-order chi connectivity index (χ1) is 32.2. The molecule has 2 aliphatic heterocycles. The fourth-order valence-corrected chi connectivity index (χ4v) is 8.02. The van der Waals surface area contributed by atoms with Gasteiger partial charge in [0, 0.05) is 11.1 Å². The van der Waals surface area contributed by atoms with Crippen LogP contribution >= 0.6 is 0 Å². The number of amides is 6. The van der Waals surface area contributed by atoms with Gasteiger partial charge in [-0.05, 0) is 132 Å². The lowest BCUT2D eigenvalue weighted by Gasteiger charge is -2.26. The van der Waals surface area contributed by atoms with Gasteiger partial charge in [0.25, 0.3) is 35.4 Å². The van der Waals surface area contributed by atoms with E-state index in [0.29, 0.717) is 67.5 Å². The Hall–Kier alpha value is -9.42. The van der Waals surface area contributed by atoms with Crippen LogP contribution in [0.4, 0.5) is 34.1 Å². The molecule has 12 nitrogen and oxygen atoms in total. The van der Waals surface area contributed by atoms with Gasteiger partial charge in [0.2, 0.25) is 0 Å². The van der Waals surface area contributed by atoms with Crippen LogP contribution in [0.5, 0.6) is 0 Å². The Morgan fingerprint density at radius 3 is 0.894 bits per heavy atom. The molecule has 0 saturated heterocycles. The molecule has 0 spiro atoms. The van der Waals surface area contributed by atoms with E-state index in [2.05, 4.69) is 10.9 Å². The first-order valence-corrected chi connectivity index (χ1v) is 20.9.